The highest BCUT2D eigenvalue weighted by Gasteiger charge is 2.47. The highest BCUT2D eigenvalue weighted by atomic mass is 32.2. The Hall–Kier alpha value is -1.57. The minimum absolute atomic E-state index is 0.168. The van der Waals surface area contributed by atoms with Crippen molar-refractivity contribution < 1.29 is 32.7 Å². The standard InChI is InChI=1S/C12H18N2O9S/c1-5-3-14(12(18)13-10(5)17)11-9(8(16)7(4-15)23-11)22-6(2)24(19,20)21/h3,6-9,11,15-16H,4H2,1-2H3,(H,13,17,18)(H,19,20,21)/t6?,7-,8?,9?,11-/m0/s1. The Balaban J connectivity index is 2.44. The summed E-state index contributed by atoms with van der Waals surface area (Å²) < 4.78 is 42.7. The van der Waals surface area contributed by atoms with Crippen molar-refractivity contribution in [1.29, 1.82) is 0 Å². The van der Waals surface area contributed by atoms with Crippen LogP contribution in [-0.4, -0.2) is 63.1 Å². The summed E-state index contributed by atoms with van der Waals surface area (Å²) in [6.07, 6.45) is -4.16. The summed E-state index contributed by atoms with van der Waals surface area (Å²) in [6.45, 7) is 1.85. The van der Waals surface area contributed by atoms with Gasteiger partial charge >= 0.3 is 5.69 Å². The molecular weight excluding hydrogens is 348 g/mol. The van der Waals surface area contributed by atoms with Gasteiger partial charge in [-0.3, -0.25) is 18.9 Å². The molecule has 12 heteroatoms. The molecule has 3 unspecified atom stereocenters. The van der Waals surface area contributed by atoms with Crippen LogP contribution in [-0.2, 0) is 19.6 Å². The maximum Gasteiger partial charge on any atom is 0.330 e. The molecule has 4 N–H and O–H groups in total. The minimum atomic E-state index is -4.57. The van der Waals surface area contributed by atoms with Crippen LogP contribution < -0.4 is 11.2 Å². The van der Waals surface area contributed by atoms with Gasteiger partial charge in [0, 0.05) is 11.8 Å². The van der Waals surface area contributed by atoms with Gasteiger partial charge in [0.1, 0.15) is 18.3 Å². The van der Waals surface area contributed by atoms with Gasteiger partial charge in [-0.25, -0.2) is 4.79 Å². The molecule has 136 valence electrons. The molecule has 5 atom stereocenters. The zero-order valence-electron chi connectivity index (χ0n) is 12.8. The lowest BCUT2D eigenvalue weighted by atomic mass is 10.1. The highest BCUT2D eigenvalue weighted by Crippen LogP contribution is 2.32. The third kappa shape index (κ3) is 3.58. The lowest BCUT2D eigenvalue weighted by molar-refractivity contribution is -0.0809. The largest absolute Gasteiger partial charge is 0.394 e. The zero-order valence-corrected chi connectivity index (χ0v) is 13.6. The van der Waals surface area contributed by atoms with Crippen molar-refractivity contribution in [2.75, 3.05) is 6.61 Å². The van der Waals surface area contributed by atoms with E-state index in [9.17, 15) is 28.2 Å². The van der Waals surface area contributed by atoms with Crippen LogP contribution in [0.1, 0.15) is 18.7 Å². The van der Waals surface area contributed by atoms with Gasteiger partial charge in [-0.15, -0.1) is 0 Å². The van der Waals surface area contributed by atoms with E-state index in [2.05, 4.69) is 0 Å². The number of aromatic nitrogens is 2. The van der Waals surface area contributed by atoms with Gasteiger partial charge in [-0.1, -0.05) is 0 Å². The van der Waals surface area contributed by atoms with Crippen molar-refractivity contribution in [3.8, 4) is 0 Å². The predicted molar refractivity (Wildman–Crippen MR) is 78.9 cm³/mol. The maximum absolute atomic E-state index is 12.0. The number of hydrogen-bond acceptors (Lipinski definition) is 8. The van der Waals surface area contributed by atoms with Gasteiger partial charge in [0.25, 0.3) is 15.7 Å². The molecule has 1 aliphatic rings. The molecule has 0 aliphatic carbocycles. The topological polar surface area (TPSA) is 168 Å². The molecule has 24 heavy (non-hydrogen) atoms. The molecule has 2 heterocycles. The first kappa shape index (κ1) is 18.8. The second-order valence-electron chi connectivity index (χ2n) is 5.40. The van der Waals surface area contributed by atoms with Crippen molar-refractivity contribution >= 4 is 10.1 Å². The van der Waals surface area contributed by atoms with E-state index in [1.807, 2.05) is 4.98 Å². The Morgan fingerprint density at radius 1 is 1.46 bits per heavy atom. The SMILES string of the molecule is Cc1cn([C@H]2O[C@@H](CO)C(O)C2OC(C)S(=O)(=O)O)c(=O)[nH]c1=O. The van der Waals surface area contributed by atoms with E-state index < -0.39 is 57.9 Å². The molecule has 0 saturated carbocycles. The number of H-pyrrole nitrogens is 1. The number of hydrogen-bond donors (Lipinski definition) is 4. The van der Waals surface area contributed by atoms with Crippen LogP contribution >= 0.6 is 0 Å². The minimum Gasteiger partial charge on any atom is -0.394 e. The van der Waals surface area contributed by atoms with Crippen LogP contribution in [0.25, 0.3) is 0 Å². The van der Waals surface area contributed by atoms with E-state index in [1.54, 1.807) is 0 Å². The Kier molecular flexibility index (Phi) is 5.27. The van der Waals surface area contributed by atoms with Crippen molar-refractivity contribution in [2.45, 2.75) is 43.8 Å². The molecule has 0 aromatic carbocycles. The molecule has 0 spiro atoms. The average Bonchev–Trinajstić information content (AvgIpc) is 2.78. The molecule has 1 aromatic heterocycles. The molecule has 0 radical (unpaired) electrons. The van der Waals surface area contributed by atoms with Crippen LogP contribution in [0.5, 0.6) is 0 Å². The fraction of sp³-hybridized carbons (Fsp3) is 0.667. The van der Waals surface area contributed by atoms with Gasteiger partial charge in [-0.2, -0.15) is 8.42 Å². The third-order valence-corrected chi connectivity index (χ3v) is 4.63. The first-order valence-electron chi connectivity index (χ1n) is 6.94. The Morgan fingerprint density at radius 3 is 2.62 bits per heavy atom. The van der Waals surface area contributed by atoms with E-state index in [0.717, 1.165) is 17.7 Å². The number of nitrogens with one attached hydrogen (secondary N) is 1. The predicted octanol–water partition coefficient (Wildman–Crippen LogP) is -2.29. The summed E-state index contributed by atoms with van der Waals surface area (Å²) in [5, 5.41) is 19.4. The smallest absolute Gasteiger partial charge is 0.330 e. The number of ether oxygens (including phenoxy) is 2. The van der Waals surface area contributed by atoms with E-state index in [0.29, 0.717) is 0 Å². The highest BCUT2D eigenvalue weighted by molar-refractivity contribution is 7.86. The van der Waals surface area contributed by atoms with Gasteiger partial charge in [-0.05, 0) is 13.8 Å². The second kappa shape index (κ2) is 6.74. The quantitative estimate of drug-likeness (QED) is 0.419. The van der Waals surface area contributed by atoms with E-state index in [1.165, 1.54) is 6.92 Å². The number of rotatable bonds is 5. The molecule has 1 aromatic rings. The van der Waals surface area contributed by atoms with Crippen LogP contribution in [0.3, 0.4) is 0 Å². The summed E-state index contributed by atoms with van der Waals surface area (Å²) in [5.41, 5.74) is -3.02. The molecule has 11 nitrogen and oxygen atoms in total. The lowest BCUT2D eigenvalue weighted by Crippen LogP contribution is -2.42. The summed E-state index contributed by atoms with van der Waals surface area (Å²) in [4.78, 5) is 25.4. The molecular formula is C12H18N2O9S. The van der Waals surface area contributed by atoms with E-state index in [-0.39, 0.29) is 5.56 Å². The molecule has 1 aliphatic heterocycles. The summed E-state index contributed by atoms with van der Waals surface area (Å²) >= 11 is 0. The van der Waals surface area contributed by atoms with Crippen LogP contribution in [0.4, 0.5) is 0 Å². The number of nitrogens with zero attached hydrogens (tertiary/aromatic N) is 1. The number of aromatic amines is 1. The van der Waals surface area contributed by atoms with Gasteiger partial charge in [0.05, 0.1) is 6.61 Å². The Bertz CT molecular complexity index is 815. The van der Waals surface area contributed by atoms with Gasteiger partial charge in [0.15, 0.2) is 11.7 Å². The Morgan fingerprint density at radius 2 is 2.08 bits per heavy atom. The van der Waals surface area contributed by atoms with E-state index in [4.69, 9.17) is 14.0 Å². The normalized spacial score (nSPS) is 28.9. The molecule has 1 saturated heterocycles. The van der Waals surface area contributed by atoms with Crippen LogP contribution in [0.2, 0.25) is 0 Å². The fourth-order valence-electron chi connectivity index (χ4n) is 2.31. The summed E-state index contributed by atoms with van der Waals surface area (Å²) in [5.74, 6) is 0. The van der Waals surface area contributed by atoms with Crippen molar-refractivity contribution in [2.24, 2.45) is 0 Å². The lowest BCUT2D eigenvalue weighted by Gasteiger charge is -2.24. The number of aryl methyl sites for hydroxylation is 1. The molecule has 2 rings (SSSR count). The van der Waals surface area contributed by atoms with Crippen LogP contribution in [0, 0.1) is 6.92 Å². The van der Waals surface area contributed by atoms with Gasteiger partial charge in [0.2, 0.25) is 0 Å². The zero-order chi connectivity index (χ0) is 18.2. The van der Waals surface area contributed by atoms with Crippen LogP contribution in [0.15, 0.2) is 15.8 Å². The molecule has 0 amide bonds. The first-order chi connectivity index (χ1) is 11.1. The van der Waals surface area contributed by atoms with Gasteiger partial charge < -0.3 is 19.7 Å². The monoisotopic (exact) mass is 366 g/mol. The van der Waals surface area contributed by atoms with E-state index >= 15 is 0 Å². The fourth-order valence-corrected chi connectivity index (χ4v) is 2.58. The van der Waals surface area contributed by atoms with Crippen molar-refractivity contribution in [3.63, 3.8) is 0 Å². The average molecular weight is 366 g/mol. The van der Waals surface area contributed by atoms with Crippen molar-refractivity contribution in [3.05, 3.63) is 32.6 Å². The second-order valence-corrected chi connectivity index (χ2v) is 7.09. The van der Waals surface area contributed by atoms with Crippen molar-refractivity contribution in [1.82, 2.24) is 9.55 Å². The number of aliphatic hydroxyl groups is 2. The molecule has 1 fully saturated rings. The summed E-state index contributed by atoms with van der Waals surface area (Å²) in [7, 11) is -4.57. The molecule has 0 bridgehead atoms. The first-order valence-corrected chi connectivity index (χ1v) is 8.44. The summed E-state index contributed by atoms with van der Waals surface area (Å²) in [6, 6.07) is 0. The number of aliphatic hydroxyl groups excluding tert-OH is 2. The Labute approximate surface area is 136 Å². The maximum atomic E-state index is 12.0. The third-order valence-electron chi connectivity index (χ3n) is 3.68.